The van der Waals surface area contributed by atoms with Crippen molar-refractivity contribution in [2.45, 2.75) is 26.2 Å². The minimum Gasteiger partial charge on any atom is -0.494 e. The summed E-state index contributed by atoms with van der Waals surface area (Å²) in [4.78, 5) is 10.9. The summed E-state index contributed by atoms with van der Waals surface area (Å²) in [6.45, 7) is 2.17. The highest BCUT2D eigenvalue weighted by Gasteiger charge is 1.98. The van der Waals surface area contributed by atoms with Gasteiger partial charge in [-0.05, 0) is 31.4 Å². The number of nitrogens with one attached hydrogen (secondary N) is 1. The topological polar surface area (TPSA) is 38.3 Å². The minimum atomic E-state index is -0.0794. The Bertz CT molecular complexity index is 355. The van der Waals surface area contributed by atoms with Crippen molar-refractivity contribution in [1.82, 2.24) is 0 Å². The quantitative estimate of drug-likeness (QED) is 0.599. The first-order chi connectivity index (χ1) is 8.22. The van der Waals surface area contributed by atoms with Crippen LogP contribution in [0.1, 0.15) is 26.2 Å². The van der Waals surface area contributed by atoms with Gasteiger partial charge in [-0.2, -0.15) is 0 Å². The monoisotopic (exact) mass is 255 g/mol. The van der Waals surface area contributed by atoms with Crippen LogP contribution in [-0.2, 0) is 4.79 Å². The Kier molecular flexibility index (Phi) is 6.48. The van der Waals surface area contributed by atoms with Crippen molar-refractivity contribution in [3.05, 3.63) is 24.3 Å². The van der Waals surface area contributed by atoms with Gasteiger partial charge in [-0.25, -0.2) is 0 Å². The van der Waals surface area contributed by atoms with E-state index in [9.17, 15) is 4.79 Å². The molecule has 0 aliphatic rings. The molecule has 0 saturated heterocycles. The van der Waals surface area contributed by atoms with Gasteiger partial charge in [0.05, 0.1) is 6.61 Å². The lowest BCUT2D eigenvalue weighted by atomic mass is 10.2. The number of ether oxygens (including phenoxy) is 1. The number of carbonyl (C=O) groups excluding carboxylic acids is 1. The summed E-state index contributed by atoms with van der Waals surface area (Å²) in [5.41, 5.74) is 0.760. The molecule has 1 amide bonds. The zero-order chi connectivity index (χ0) is 12.5. The average molecular weight is 256 g/mol. The van der Waals surface area contributed by atoms with E-state index in [4.69, 9.17) is 16.3 Å². The zero-order valence-electron chi connectivity index (χ0n) is 10.0. The summed E-state index contributed by atoms with van der Waals surface area (Å²) >= 11 is 5.59. The predicted octanol–water partition coefficient (Wildman–Crippen LogP) is 3.43. The first-order valence-corrected chi connectivity index (χ1v) is 6.32. The smallest absolute Gasteiger partial charge is 0.221 e. The van der Waals surface area contributed by atoms with E-state index in [-0.39, 0.29) is 5.91 Å². The van der Waals surface area contributed by atoms with Gasteiger partial charge in [-0.3, -0.25) is 4.79 Å². The average Bonchev–Trinajstić information content (AvgIpc) is 2.28. The van der Waals surface area contributed by atoms with E-state index >= 15 is 0 Å². The van der Waals surface area contributed by atoms with Gasteiger partial charge in [0, 0.05) is 24.6 Å². The lowest BCUT2D eigenvalue weighted by Crippen LogP contribution is -2.06. The molecule has 0 spiro atoms. The fourth-order valence-corrected chi connectivity index (χ4v) is 1.62. The van der Waals surface area contributed by atoms with Gasteiger partial charge in [0.15, 0.2) is 0 Å². The third-order valence-corrected chi connectivity index (χ3v) is 2.47. The molecule has 0 aromatic heterocycles. The van der Waals surface area contributed by atoms with Crippen LogP contribution in [0.25, 0.3) is 0 Å². The SMILES string of the molecule is CC(=O)Nc1cccc(OCCCCCCl)c1. The van der Waals surface area contributed by atoms with Crippen LogP contribution in [0.4, 0.5) is 5.69 Å². The van der Waals surface area contributed by atoms with Crippen LogP contribution in [0.15, 0.2) is 24.3 Å². The van der Waals surface area contributed by atoms with Gasteiger partial charge < -0.3 is 10.1 Å². The van der Waals surface area contributed by atoms with Crippen LogP contribution in [0.2, 0.25) is 0 Å². The second-order valence-corrected chi connectivity index (χ2v) is 4.19. The number of hydrogen-bond acceptors (Lipinski definition) is 2. The standard InChI is InChI=1S/C13H18ClNO2/c1-11(16)15-12-6-5-7-13(10-12)17-9-4-2-3-8-14/h5-7,10H,2-4,8-9H2,1H3,(H,15,16). The number of alkyl halides is 1. The summed E-state index contributed by atoms with van der Waals surface area (Å²) in [6, 6.07) is 7.40. The maximum absolute atomic E-state index is 10.9. The number of hydrogen-bond donors (Lipinski definition) is 1. The molecule has 1 N–H and O–H groups in total. The first-order valence-electron chi connectivity index (χ1n) is 5.79. The number of anilines is 1. The van der Waals surface area contributed by atoms with E-state index < -0.39 is 0 Å². The van der Waals surface area contributed by atoms with E-state index in [0.29, 0.717) is 12.5 Å². The largest absolute Gasteiger partial charge is 0.494 e. The van der Waals surface area contributed by atoms with Crippen molar-refractivity contribution >= 4 is 23.2 Å². The molecule has 3 nitrogen and oxygen atoms in total. The summed E-state index contributed by atoms with van der Waals surface area (Å²) in [5.74, 6) is 1.41. The Morgan fingerprint density at radius 2 is 2.18 bits per heavy atom. The molecule has 0 atom stereocenters. The van der Waals surface area contributed by atoms with Crippen molar-refractivity contribution in [2.75, 3.05) is 17.8 Å². The van der Waals surface area contributed by atoms with E-state index in [1.54, 1.807) is 0 Å². The highest BCUT2D eigenvalue weighted by molar-refractivity contribution is 6.17. The summed E-state index contributed by atoms with van der Waals surface area (Å²) in [6.07, 6.45) is 3.10. The van der Waals surface area contributed by atoms with Crippen LogP contribution in [0.3, 0.4) is 0 Å². The third-order valence-electron chi connectivity index (χ3n) is 2.20. The molecule has 0 aliphatic carbocycles. The van der Waals surface area contributed by atoms with Gasteiger partial charge in [-0.1, -0.05) is 6.07 Å². The lowest BCUT2D eigenvalue weighted by Gasteiger charge is -2.08. The van der Waals surface area contributed by atoms with Gasteiger partial charge in [0.25, 0.3) is 0 Å². The minimum absolute atomic E-state index is 0.0794. The Labute approximate surface area is 107 Å². The molecular weight excluding hydrogens is 238 g/mol. The van der Waals surface area contributed by atoms with Gasteiger partial charge >= 0.3 is 0 Å². The second kappa shape index (κ2) is 7.96. The van der Waals surface area contributed by atoms with Crippen LogP contribution in [0, 0.1) is 0 Å². The van der Waals surface area contributed by atoms with Crippen molar-refractivity contribution in [3.8, 4) is 5.75 Å². The Hall–Kier alpha value is -1.22. The van der Waals surface area contributed by atoms with Crippen LogP contribution < -0.4 is 10.1 Å². The van der Waals surface area contributed by atoms with E-state index in [1.165, 1.54) is 6.92 Å². The molecule has 17 heavy (non-hydrogen) atoms. The molecule has 94 valence electrons. The van der Waals surface area contributed by atoms with Crippen LogP contribution in [-0.4, -0.2) is 18.4 Å². The Morgan fingerprint density at radius 1 is 1.35 bits per heavy atom. The molecule has 0 radical (unpaired) electrons. The van der Waals surface area contributed by atoms with Gasteiger partial charge in [0.1, 0.15) is 5.75 Å². The molecule has 1 rings (SSSR count). The Morgan fingerprint density at radius 3 is 2.88 bits per heavy atom. The molecule has 1 aromatic carbocycles. The number of unbranched alkanes of at least 4 members (excludes halogenated alkanes) is 2. The number of benzene rings is 1. The maximum atomic E-state index is 10.9. The Balaban J connectivity index is 2.35. The third kappa shape index (κ3) is 6.17. The number of rotatable bonds is 7. The number of halogens is 1. The first kappa shape index (κ1) is 13.8. The van der Waals surface area contributed by atoms with Crippen molar-refractivity contribution in [2.24, 2.45) is 0 Å². The van der Waals surface area contributed by atoms with Crippen LogP contribution >= 0.6 is 11.6 Å². The van der Waals surface area contributed by atoms with Crippen molar-refractivity contribution in [1.29, 1.82) is 0 Å². The summed E-state index contributed by atoms with van der Waals surface area (Å²) in [5, 5.41) is 2.72. The summed E-state index contributed by atoms with van der Waals surface area (Å²) < 4.78 is 5.58. The highest BCUT2D eigenvalue weighted by atomic mass is 35.5. The molecule has 4 heteroatoms. The fourth-order valence-electron chi connectivity index (χ4n) is 1.43. The normalized spacial score (nSPS) is 10.0. The molecule has 0 aliphatic heterocycles. The summed E-state index contributed by atoms with van der Waals surface area (Å²) in [7, 11) is 0. The van der Waals surface area contributed by atoms with Crippen molar-refractivity contribution < 1.29 is 9.53 Å². The second-order valence-electron chi connectivity index (χ2n) is 3.81. The fraction of sp³-hybridized carbons (Fsp3) is 0.462. The highest BCUT2D eigenvalue weighted by Crippen LogP contribution is 2.17. The molecule has 0 fully saturated rings. The lowest BCUT2D eigenvalue weighted by molar-refractivity contribution is -0.114. The molecule has 0 unspecified atom stereocenters. The maximum Gasteiger partial charge on any atom is 0.221 e. The molecule has 0 bridgehead atoms. The zero-order valence-corrected chi connectivity index (χ0v) is 10.8. The molecule has 0 heterocycles. The molecular formula is C13H18ClNO2. The molecule has 1 aromatic rings. The van der Waals surface area contributed by atoms with E-state index in [0.717, 1.165) is 30.7 Å². The van der Waals surface area contributed by atoms with Gasteiger partial charge in [0.2, 0.25) is 5.91 Å². The molecule has 0 saturated carbocycles. The van der Waals surface area contributed by atoms with Crippen molar-refractivity contribution in [3.63, 3.8) is 0 Å². The van der Waals surface area contributed by atoms with Gasteiger partial charge in [-0.15, -0.1) is 11.6 Å². The number of carbonyl (C=O) groups is 1. The van der Waals surface area contributed by atoms with E-state index in [1.807, 2.05) is 24.3 Å². The van der Waals surface area contributed by atoms with E-state index in [2.05, 4.69) is 5.32 Å². The predicted molar refractivity (Wildman–Crippen MR) is 70.8 cm³/mol. The number of amides is 1. The van der Waals surface area contributed by atoms with Crippen LogP contribution in [0.5, 0.6) is 5.75 Å².